The summed E-state index contributed by atoms with van der Waals surface area (Å²) in [6.45, 7) is 4.24. The molecule has 1 amide bonds. The van der Waals surface area contributed by atoms with E-state index in [-0.39, 0.29) is 11.9 Å². The van der Waals surface area contributed by atoms with Crippen LogP contribution in [0.3, 0.4) is 0 Å². The van der Waals surface area contributed by atoms with E-state index in [0.29, 0.717) is 12.2 Å². The molecule has 0 saturated heterocycles. The fourth-order valence-corrected chi connectivity index (χ4v) is 1.49. The highest BCUT2D eigenvalue weighted by Gasteiger charge is 2.08. The molecule has 0 fully saturated rings. The number of benzene rings is 1. The predicted octanol–water partition coefficient (Wildman–Crippen LogP) is 2.24. The first-order chi connectivity index (χ1) is 8.13. The van der Waals surface area contributed by atoms with Gasteiger partial charge in [-0.3, -0.25) is 4.79 Å². The summed E-state index contributed by atoms with van der Waals surface area (Å²) in [6.07, 6.45) is 1.87. The molecule has 0 saturated carbocycles. The summed E-state index contributed by atoms with van der Waals surface area (Å²) in [7, 11) is 1.62. The molecule has 0 bridgehead atoms. The van der Waals surface area contributed by atoms with Gasteiger partial charge < -0.3 is 10.1 Å². The molecule has 1 atom stereocenters. The molecule has 1 N–H and O–H groups in total. The summed E-state index contributed by atoms with van der Waals surface area (Å²) in [5.74, 6) is -0.0570. The molecule has 1 aromatic rings. The second kappa shape index (κ2) is 6.86. The molecule has 0 heterocycles. The third-order valence-corrected chi connectivity index (χ3v) is 2.34. The van der Waals surface area contributed by atoms with Gasteiger partial charge in [0.05, 0.1) is 6.61 Å². The number of amides is 1. The average molecular weight is 233 g/mol. The number of methoxy groups -OCH3 is 1. The number of hydrogen-bond acceptors (Lipinski definition) is 2. The van der Waals surface area contributed by atoms with Crippen LogP contribution < -0.4 is 5.32 Å². The fourth-order valence-electron chi connectivity index (χ4n) is 1.49. The van der Waals surface area contributed by atoms with Crippen molar-refractivity contribution in [1.29, 1.82) is 0 Å². The minimum Gasteiger partial charge on any atom is -0.383 e. The van der Waals surface area contributed by atoms with E-state index in [1.807, 2.05) is 50.3 Å². The van der Waals surface area contributed by atoms with E-state index in [1.165, 1.54) is 0 Å². The highest BCUT2D eigenvalue weighted by atomic mass is 16.5. The minimum absolute atomic E-state index is 0.0200. The molecule has 1 rings (SSSR count). The minimum atomic E-state index is -0.0570. The lowest BCUT2D eigenvalue weighted by atomic mass is 10.1. The van der Waals surface area contributed by atoms with E-state index in [0.717, 1.165) is 5.56 Å². The third kappa shape index (κ3) is 4.83. The first-order valence-corrected chi connectivity index (χ1v) is 5.66. The van der Waals surface area contributed by atoms with Gasteiger partial charge in [-0.25, -0.2) is 0 Å². The smallest absolute Gasteiger partial charge is 0.247 e. The van der Waals surface area contributed by atoms with Gasteiger partial charge in [0.2, 0.25) is 5.91 Å². The normalized spacial score (nSPS) is 13.2. The van der Waals surface area contributed by atoms with E-state index in [2.05, 4.69) is 5.32 Å². The average Bonchev–Trinajstić information content (AvgIpc) is 2.30. The molecule has 3 heteroatoms. The van der Waals surface area contributed by atoms with Crippen molar-refractivity contribution in [3.05, 3.63) is 41.5 Å². The lowest BCUT2D eigenvalue weighted by Crippen LogP contribution is -2.35. The molecule has 0 aliphatic carbocycles. The monoisotopic (exact) mass is 233 g/mol. The van der Waals surface area contributed by atoms with Crippen molar-refractivity contribution < 1.29 is 9.53 Å². The van der Waals surface area contributed by atoms with Gasteiger partial charge in [0.25, 0.3) is 0 Å². The molecule has 1 aromatic carbocycles. The van der Waals surface area contributed by atoms with Gasteiger partial charge in [0.1, 0.15) is 0 Å². The molecule has 0 spiro atoms. The maximum atomic E-state index is 11.8. The second-order valence-corrected chi connectivity index (χ2v) is 4.07. The van der Waals surface area contributed by atoms with Gasteiger partial charge in [-0.05, 0) is 25.5 Å². The van der Waals surface area contributed by atoms with E-state index in [9.17, 15) is 4.79 Å². The molecule has 0 radical (unpaired) electrons. The van der Waals surface area contributed by atoms with Gasteiger partial charge in [-0.1, -0.05) is 30.3 Å². The molecule has 3 nitrogen and oxygen atoms in total. The molecule has 1 unspecified atom stereocenters. The van der Waals surface area contributed by atoms with Crippen LogP contribution in [-0.4, -0.2) is 25.7 Å². The molecule has 0 aliphatic heterocycles. The van der Waals surface area contributed by atoms with Gasteiger partial charge in [0.15, 0.2) is 0 Å². The number of carbonyl (C=O) groups is 1. The van der Waals surface area contributed by atoms with Crippen molar-refractivity contribution in [1.82, 2.24) is 5.32 Å². The summed E-state index contributed by atoms with van der Waals surface area (Å²) in [5, 5.41) is 2.87. The zero-order valence-electron chi connectivity index (χ0n) is 10.6. The van der Waals surface area contributed by atoms with Crippen LogP contribution in [0.25, 0.3) is 6.08 Å². The Bertz CT molecular complexity index is 384. The van der Waals surface area contributed by atoms with Crippen LogP contribution in [0.1, 0.15) is 19.4 Å². The Hall–Kier alpha value is -1.61. The van der Waals surface area contributed by atoms with Crippen molar-refractivity contribution in [2.24, 2.45) is 0 Å². The number of rotatable bonds is 5. The lowest BCUT2D eigenvalue weighted by molar-refractivity contribution is -0.118. The number of carbonyl (C=O) groups excluding carboxylic acids is 1. The van der Waals surface area contributed by atoms with Crippen LogP contribution in [0, 0.1) is 0 Å². The topological polar surface area (TPSA) is 38.3 Å². The van der Waals surface area contributed by atoms with Crippen molar-refractivity contribution in [3.63, 3.8) is 0 Å². The Morgan fingerprint density at radius 3 is 2.65 bits per heavy atom. The van der Waals surface area contributed by atoms with Crippen molar-refractivity contribution >= 4 is 12.0 Å². The maximum absolute atomic E-state index is 11.8. The largest absolute Gasteiger partial charge is 0.383 e. The Labute approximate surface area is 102 Å². The fraction of sp³-hybridized carbons (Fsp3) is 0.357. The zero-order valence-corrected chi connectivity index (χ0v) is 10.6. The SMILES string of the molecule is COCC(C)NC(=O)/C(C)=C/c1ccccc1. The number of nitrogens with one attached hydrogen (secondary N) is 1. The highest BCUT2D eigenvalue weighted by Crippen LogP contribution is 2.06. The quantitative estimate of drug-likeness (QED) is 0.792. The Balaban J connectivity index is 2.61. The first kappa shape index (κ1) is 13.5. The second-order valence-electron chi connectivity index (χ2n) is 4.07. The van der Waals surface area contributed by atoms with Gasteiger partial charge in [-0.15, -0.1) is 0 Å². The van der Waals surface area contributed by atoms with Crippen LogP contribution in [0.15, 0.2) is 35.9 Å². The Kier molecular flexibility index (Phi) is 5.43. The van der Waals surface area contributed by atoms with Crippen LogP contribution >= 0.6 is 0 Å². The Morgan fingerprint density at radius 2 is 2.06 bits per heavy atom. The predicted molar refractivity (Wildman–Crippen MR) is 69.6 cm³/mol. The van der Waals surface area contributed by atoms with Crippen LogP contribution in [-0.2, 0) is 9.53 Å². The third-order valence-electron chi connectivity index (χ3n) is 2.34. The standard InChI is InChI=1S/C14H19NO2/c1-11(9-13-7-5-4-6-8-13)14(16)15-12(2)10-17-3/h4-9,12H,10H2,1-3H3,(H,15,16)/b11-9+. The summed E-state index contributed by atoms with van der Waals surface area (Å²) in [4.78, 5) is 11.8. The summed E-state index contributed by atoms with van der Waals surface area (Å²) in [6, 6.07) is 9.81. The maximum Gasteiger partial charge on any atom is 0.247 e. The van der Waals surface area contributed by atoms with Crippen molar-refractivity contribution in [2.75, 3.05) is 13.7 Å². The van der Waals surface area contributed by atoms with Gasteiger partial charge in [0, 0.05) is 18.7 Å². The Morgan fingerprint density at radius 1 is 1.41 bits per heavy atom. The van der Waals surface area contributed by atoms with E-state index >= 15 is 0 Å². The molecule has 92 valence electrons. The van der Waals surface area contributed by atoms with E-state index in [1.54, 1.807) is 7.11 Å². The highest BCUT2D eigenvalue weighted by molar-refractivity contribution is 5.97. The molecule has 0 aromatic heterocycles. The summed E-state index contributed by atoms with van der Waals surface area (Å²) < 4.78 is 4.97. The van der Waals surface area contributed by atoms with Crippen molar-refractivity contribution in [3.8, 4) is 0 Å². The molecular formula is C14H19NO2. The van der Waals surface area contributed by atoms with Crippen molar-refractivity contribution in [2.45, 2.75) is 19.9 Å². The summed E-state index contributed by atoms with van der Waals surface area (Å²) >= 11 is 0. The van der Waals surface area contributed by atoms with Crippen LogP contribution in [0.2, 0.25) is 0 Å². The van der Waals surface area contributed by atoms with E-state index < -0.39 is 0 Å². The van der Waals surface area contributed by atoms with E-state index in [4.69, 9.17) is 4.74 Å². The summed E-state index contributed by atoms with van der Waals surface area (Å²) in [5.41, 5.74) is 1.72. The number of hydrogen-bond donors (Lipinski definition) is 1. The first-order valence-electron chi connectivity index (χ1n) is 5.66. The van der Waals surface area contributed by atoms with Crippen LogP contribution in [0.4, 0.5) is 0 Å². The molecular weight excluding hydrogens is 214 g/mol. The molecule has 17 heavy (non-hydrogen) atoms. The van der Waals surface area contributed by atoms with Gasteiger partial charge >= 0.3 is 0 Å². The number of ether oxygens (including phenoxy) is 1. The molecule has 0 aliphatic rings. The zero-order chi connectivity index (χ0) is 12.7. The van der Waals surface area contributed by atoms with Crippen LogP contribution in [0.5, 0.6) is 0 Å². The lowest BCUT2D eigenvalue weighted by Gasteiger charge is -2.12. The van der Waals surface area contributed by atoms with Gasteiger partial charge in [-0.2, -0.15) is 0 Å².